The van der Waals surface area contributed by atoms with Crippen LogP contribution in [0.3, 0.4) is 0 Å². The van der Waals surface area contributed by atoms with Crippen molar-refractivity contribution >= 4 is 33.7 Å². The van der Waals surface area contributed by atoms with Crippen LogP contribution in [0.2, 0.25) is 0 Å². The van der Waals surface area contributed by atoms with E-state index in [2.05, 4.69) is 30.7 Å². The zero-order valence-corrected chi connectivity index (χ0v) is 22.1. The van der Waals surface area contributed by atoms with Gasteiger partial charge in [0.1, 0.15) is 4.83 Å². The van der Waals surface area contributed by atoms with Gasteiger partial charge in [-0.3, -0.25) is 19.3 Å². The molecule has 1 saturated carbocycles. The number of amides is 2. The van der Waals surface area contributed by atoms with E-state index in [1.54, 1.807) is 29.9 Å². The van der Waals surface area contributed by atoms with Crippen molar-refractivity contribution in [1.82, 2.24) is 34.6 Å². The molecular weight excluding hydrogens is 488 g/mol. The fourth-order valence-electron chi connectivity index (χ4n) is 5.01. The van der Waals surface area contributed by atoms with Gasteiger partial charge in [-0.1, -0.05) is 0 Å². The second-order valence-electron chi connectivity index (χ2n) is 10.3. The van der Waals surface area contributed by atoms with Crippen LogP contribution in [0.1, 0.15) is 51.4 Å². The number of anilines is 1. The predicted octanol–water partition coefficient (Wildman–Crippen LogP) is 3.28. The van der Waals surface area contributed by atoms with Crippen LogP contribution < -0.4 is 10.6 Å². The zero-order chi connectivity index (χ0) is 25.7. The van der Waals surface area contributed by atoms with Gasteiger partial charge in [0.2, 0.25) is 0 Å². The van der Waals surface area contributed by atoms with E-state index in [9.17, 15) is 9.59 Å². The number of carbonyl (C=O) groups excluding carboxylic acids is 2. The van der Waals surface area contributed by atoms with Gasteiger partial charge in [-0.2, -0.15) is 10.2 Å². The van der Waals surface area contributed by atoms with E-state index in [0.717, 1.165) is 40.6 Å². The van der Waals surface area contributed by atoms with Gasteiger partial charge in [0, 0.05) is 50.3 Å². The average Bonchev–Trinajstić information content (AvgIpc) is 3.18. The number of thiazole rings is 1. The number of aryl methyl sites for hydroxylation is 2. The number of pyridine rings is 1. The fraction of sp³-hybridized carbons (Fsp3) is 0.423. The molecule has 2 amide bonds. The number of hydrogen-bond donors (Lipinski definition) is 2. The van der Waals surface area contributed by atoms with E-state index in [4.69, 9.17) is 0 Å². The van der Waals surface area contributed by atoms with Crippen molar-refractivity contribution in [2.45, 2.75) is 33.1 Å². The molecule has 2 fully saturated rings. The Morgan fingerprint density at radius 3 is 2.68 bits per heavy atom. The summed E-state index contributed by atoms with van der Waals surface area (Å²) in [4.78, 5) is 34.5. The summed E-state index contributed by atoms with van der Waals surface area (Å²) in [7, 11) is 1.90. The minimum Gasteiger partial charge on any atom is -0.351 e. The van der Waals surface area contributed by atoms with Crippen molar-refractivity contribution in [3.05, 3.63) is 53.4 Å². The van der Waals surface area contributed by atoms with Crippen molar-refractivity contribution in [3.63, 3.8) is 0 Å². The first-order valence-electron chi connectivity index (χ1n) is 12.6. The molecule has 0 radical (unpaired) electrons. The first kappa shape index (κ1) is 23.8. The lowest BCUT2D eigenvalue weighted by Crippen LogP contribution is -2.34. The maximum Gasteiger partial charge on any atom is 0.260 e. The Kier molecular flexibility index (Phi) is 5.84. The summed E-state index contributed by atoms with van der Waals surface area (Å²) in [5.74, 6) is -0.484. The zero-order valence-electron chi connectivity index (χ0n) is 21.2. The van der Waals surface area contributed by atoms with Crippen LogP contribution in [-0.2, 0) is 7.05 Å². The molecule has 6 rings (SSSR count). The van der Waals surface area contributed by atoms with Crippen LogP contribution in [-0.4, -0.2) is 67.3 Å². The van der Waals surface area contributed by atoms with Crippen molar-refractivity contribution in [2.24, 2.45) is 12.5 Å². The highest BCUT2D eigenvalue weighted by Gasteiger charge is 2.47. The molecule has 1 aliphatic carbocycles. The van der Waals surface area contributed by atoms with Crippen LogP contribution in [0.25, 0.3) is 15.3 Å². The standard InChI is InChI=1S/C26H30N8O2S/c1-16-21(10-18(11-28-16)23(35)27-7-9-33-8-6-26(15-33)4-5-26)31-24(36)20-13-30-34-14-22(37-25(20)34)19-12-29-32(3)17(19)2/h10-14H,4-9,15H2,1-3H3,(H,27,35)(H,31,36). The number of aromatic nitrogens is 5. The van der Waals surface area contributed by atoms with E-state index in [1.165, 1.54) is 30.6 Å². The Hall–Kier alpha value is -3.57. The molecule has 4 aromatic rings. The Morgan fingerprint density at radius 1 is 1.11 bits per heavy atom. The normalized spacial score (nSPS) is 16.5. The molecule has 1 spiro atoms. The van der Waals surface area contributed by atoms with E-state index < -0.39 is 0 Å². The van der Waals surface area contributed by atoms with Crippen LogP contribution in [0.15, 0.2) is 30.9 Å². The van der Waals surface area contributed by atoms with Gasteiger partial charge >= 0.3 is 0 Å². The molecule has 11 heteroatoms. The molecule has 10 nitrogen and oxygen atoms in total. The number of nitrogens with one attached hydrogen (secondary N) is 2. The quantitative estimate of drug-likeness (QED) is 0.389. The highest BCUT2D eigenvalue weighted by Crippen LogP contribution is 2.52. The molecule has 0 unspecified atom stereocenters. The van der Waals surface area contributed by atoms with Crippen LogP contribution in [0, 0.1) is 19.3 Å². The molecule has 1 saturated heterocycles. The Balaban J connectivity index is 1.13. The molecular formula is C26H30N8O2S. The SMILES string of the molecule is Cc1ncc(C(=O)NCCN2CCC3(CC3)C2)cc1NC(=O)c1cnn2cc(-c3cnn(C)c3C)sc12. The minimum absolute atomic E-state index is 0.189. The maximum atomic E-state index is 13.2. The summed E-state index contributed by atoms with van der Waals surface area (Å²) in [5.41, 5.74) is 4.67. The minimum atomic E-state index is -0.295. The van der Waals surface area contributed by atoms with Crippen molar-refractivity contribution in [3.8, 4) is 10.4 Å². The molecule has 4 aromatic heterocycles. The smallest absolute Gasteiger partial charge is 0.260 e. The summed E-state index contributed by atoms with van der Waals surface area (Å²) in [6, 6.07) is 1.68. The van der Waals surface area contributed by atoms with Crippen molar-refractivity contribution < 1.29 is 9.59 Å². The van der Waals surface area contributed by atoms with E-state index in [-0.39, 0.29) is 11.8 Å². The van der Waals surface area contributed by atoms with Crippen molar-refractivity contribution in [2.75, 3.05) is 31.5 Å². The number of hydrogen-bond acceptors (Lipinski definition) is 7. The van der Waals surface area contributed by atoms with Crippen LogP contribution >= 0.6 is 11.3 Å². The van der Waals surface area contributed by atoms with Gasteiger partial charge in [-0.25, -0.2) is 4.52 Å². The first-order chi connectivity index (χ1) is 17.8. The molecule has 0 aromatic carbocycles. The lowest BCUT2D eigenvalue weighted by atomic mass is 10.1. The van der Waals surface area contributed by atoms with Gasteiger partial charge < -0.3 is 15.5 Å². The van der Waals surface area contributed by atoms with Crippen molar-refractivity contribution in [1.29, 1.82) is 0 Å². The molecule has 192 valence electrons. The molecule has 5 heterocycles. The van der Waals surface area contributed by atoms with E-state index in [0.29, 0.717) is 34.5 Å². The second-order valence-corrected chi connectivity index (χ2v) is 11.3. The Morgan fingerprint density at radius 2 is 1.95 bits per heavy atom. The monoisotopic (exact) mass is 518 g/mol. The maximum absolute atomic E-state index is 13.2. The summed E-state index contributed by atoms with van der Waals surface area (Å²) in [6.45, 7) is 7.54. The third-order valence-corrected chi connectivity index (χ3v) is 8.87. The molecule has 0 bridgehead atoms. The Bertz CT molecular complexity index is 1510. The number of carbonyl (C=O) groups is 2. The number of fused-ring (bicyclic) bond motifs is 1. The fourth-order valence-corrected chi connectivity index (χ4v) is 6.13. The lowest BCUT2D eigenvalue weighted by molar-refractivity contribution is 0.0947. The first-order valence-corrected chi connectivity index (χ1v) is 13.4. The van der Waals surface area contributed by atoms with Crippen LogP contribution in [0.5, 0.6) is 0 Å². The van der Waals surface area contributed by atoms with Gasteiger partial charge in [-0.15, -0.1) is 11.3 Å². The molecule has 37 heavy (non-hydrogen) atoms. The molecule has 0 atom stereocenters. The van der Waals surface area contributed by atoms with E-state index in [1.807, 2.05) is 31.0 Å². The highest BCUT2D eigenvalue weighted by atomic mass is 32.1. The summed E-state index contributed by atoms with van der Waals surface area (Å²) in [5, 5.41) is 14.6. The lowest BCUT2D eigenvalue weighted by Gasteiger charge is -2.16. The summed E-state index contributed by atoms with van der Waals surface area (Å²) >= 11 is 1.49. The number of likely N-dealkylation sites (tertiary alicyclic amines) is 1. The highest BCUT2D eigenvalue weighted by molar-refractivity contribution is 7.21. The van der Waals surface area contributed by atoms with Crippen LogP contribution in [0.4, 0.5) is 5.69 Å². The Labute approximate surface area is 218 Å². The van der Waals surface area contributed by atoms with E-state index >= 15 is 0 Å². The van der Waals surface area contributed by atoms with Gasteiger partial charge in [0.15, 0.2) is 0 Å². The molecule has 2 aliphatic rings. The van der Waals surface area contributed by atoms with Gasteiger partial charge in [0.05, 0.1) is 39.8 Å². The predicted molar refractivity (Wildman–Crippen MR) is 142 cm³/mol. The summed E-state index contributed by atoms with van der Waals surface area (Å²) in [6.07, 6.45) is 10.8. The number of nitrogens with zero attached hydrogens (tertiary/aromatic N) is 6. The third-order valence-electron chi connectivity index (χ3n) is 7.73. The largest absolute Gasteiger partial charge is 0.351 e. The number of rotatable bonds is 7. The molecule has 1 aliphatic heterocycles. The summed E-state index contributed by atoms with van der Waals surface area (Å²) < 4.78 is 3.53. The van der Waals surface area contributed by atoms with Gasteiger partial charge in [-0.05, 0) is 51.1 Å². The second kappa shape index (κ2) is 9.07. The topological polar surface area (TPSA) is 109 Å². The average molecular weight is 519 g/mol. The van der Waals surface area contributed by atoms with Gasteiger partial charge in [0.25, 0.3) is 11.8 Å². The third kappa shape index (κ3) is 4.53. The molecule has 2 N–H and O–H groups in total.